The number of nitrogen functional groups attached to an aromatic ring is 1. The van der Waals surface area contributed by atoms with Crippen molar-refractivity contribution in [1.29, 1.82) is 0 Å². The highest BCUT2D eigenvalue weighted by atomic mass is 35.5. The lowest BCUT2D eigenvalue weighted by atomic mass is 10.7. The van der Waals surface area contributed by atoms with E-state index in [9.17, 15) is 0 Å². The summed E-state index contributed by atoms with van der Waals surface area (Å²) in [5.41, 5.74) is 2.35. The Kier molecular flexibility index (Phi) is 3.22. The van der Waals surface area contributed by atoms with Crippen molar-refractivity contribution in [3.05, 3.63) is 17.5 Å². The number of hydrogen-bond acceptors (Lipinski definition) is 7. The molecule has 0 saturated carbocycles. The minimum absolute atomic E-state index is 0.300. The molecule has 16 heavy (non-hydrogen) atoms. The van der Waals surface area contributed by atoms with Gasteiger partial charge in [-0.2, -0.15) is 0 Å². The largest absolute Gasteiger partial charge is 0.311 e. The Morgan fingerprint density at radius 1 is 1.56 bits per heavy atom. The molecule has 0 aromatic carbocycles. The topological polar surface area (TPSA) is 94.5 Å². The van der Waals surface area contributed by atoms with Crippen LogP contribution in [0.25, 0.3) is 0 Å². The average molecular weight is 258 g/mol. The van der Waals surface area contributed by atoms with Crippen molar-refractivity contribution in [2.24, 2.45) is 12.9 Å². The van der Waals surface area contributed by atoms with Crippen LogP contribution in [-0.4, -0.2) is 24.7 Å². The van der Waals surface area contributed by atoms with Gasteiger partial charge >= 0.3 is 0 Å². The Morgan fingerprint density at radius 2 is 2.38 bits per heavy atom. The minimum atomic E-state index is 0.300. The molecule has 9 heteroatoms. The third-order valence-corrected chi connectivity index (χ3v) is 3.14. The highest BCUT2D eigenvalue weighted by Gasteiger charge is 2.10. The molecule has 0 aliphatic heterocycles. The fourth-order valence-electron chi connectivity index (χ4n) is 0.944. The second kappa shape index (κ2) is 4.64. The summed E-state index contributed by atoms with van der Waals surface area (Å²) in [6.45, 7) is 0. The Bertz CT molecular complexity index is 499. The lowest BCUT2D eigenvalue weighted by Crippen LogP contribution is -2.10. The van der Waals surface area contributed by atoms with Gasteiger partial charge in [0, 0.05) is 7.05 Å². The van der Waals surface area contributed by atoms with Gasteiger partial charge in [-0.15, -0.1) is 10.2 Å². The van der Waals surface area contributed by atoms with Crippen LogP contribution in [-0.2, 0) is 7.05 Å². The zero-order chi connectivity index (χ0) is 11.5. The van der Waals surface area contributed by atoms with Crippen molar-refractivity contribution < 1.29 is 0 Å². The second-order valence-electron chi connectivity index (χ2n) is 2.82. The smallest absolute Gasteiger partial charge is 0.238 e. The number of hydrogen-bond donors (Lipinski definition) is 2. The van der Waals surface area contributed by atoms with Gasteiger partial charge in [0.15, 0.2) is 5.16 Å². The Morgan fingerprint density at radius 3 is 3.00 bits per heavy atom. The van der Waals surface area contributed by atoms with Crippen LogP contribution in [0.4, 0.5) is 5.95 Å². The van der Waals surface area contributed by atoms with E-state index < -0.39 is 0 Å². The predicted molar refractivity (Wildman–Crippen MR) is 60.0 cm³/mol. The van der Waals surface area contributed by atoms with Crippen LogP contribution in [0, 0.1) is 0 Å². The zero-order valence-electron chi connectivity index (χ0n) is 8.25. The molecule has 2 rings (SSSR count). The first-order chi connectivity index (χ1) is 7.70. The van der Waals surface area contributed by atoms with Crippen LogP contribution >= 0.6 is 23.4 Å². The van der Waals surface area contributed by atoms with Gasteiger partial charge in [-0.1, -0.05) is 11.6 Å². The number of anilines is 1. The maximum absolute atomic E-state index is 5.95. The van der Waals surface area contributed by atoms with Crippen molar-refractivity contribution in [1.82, 2.24) is 24.7 Å². The lowest BCUT2D eigenvalue weighted by Gasteiger charge is -2.03. The molecule has 7 nitrogen and oxygen atoms in total. The molecule has 0 aliphatic rings. The van der Waals surface area contributed by atoms with Crippen molar-refractivity contribution in [2.45, 2.75) is 10.2 Å². The number of rotatable bonds is 3. The van der Waals surface area contributed by atoms with Gasteiger partial charge in [0.1, 0.15) is 11.4 Å². The molecule has 0 aliphatic carbocycles. The molecule has 2 heterocycles. The molecule has 0 unspecified atom stereocenters. The zero-order valence-corrected chi connectivity index (χ0v) is 9.83. The standard InChI is InChI=1S/C7H8ClN7S/c1-15-3-11-14-7(15)16-5-4(8)2-10-6(12-5)13-9/h2-3H,9H2,1H3,(H,10,12,13). The third-order valence-electron chi connectivity index (χ3n) is 1.70. The van der Waals surface area contributed by atoms with Crippen molar-refractivity contribution in [2.75, 3.05) is 5.43 Å². The van der Waals surface area contributed by atoms with E-state index in [4.69, 9.17) is 17.4 Å². The van der Waals surface area contributed by atoms with E-state index in [1.165, 1.54) is 18.0 Å². The summed E-state index contributed by atoms with van der Waals surface area (Å²) in [6.07, 6.45) is 3.07. The first-order valence-corrected chi connectivity index (χ1v) is 5.41. The monoisotopic (exact) mass is 257 g/mol. The molecule has 0 spiro atoms. The highest BCUT2D eigenvalue weighted by molar-refractivity contribution is 7.99. The first kappa shape index (κ1) is 11.1. The molecule has 0 bridgehead atoms. The molecule has 3 N–H and O–H groups in total. The molecule has 0 saturated heterocycles. The number of hydrazine groups is 1. The van der Waals surface area contributed by atoms with Gasteiger partial charge in [-0.05, 0) is 11.8 Å². The normalized spacial score (nSPS) is 10.4. The van der Waals surface area contributed by atoms with E-state index in [1.54, 1.807) is 10.9 Å². The van der Waals surface area contributed by atoms with Crippen LogP contribution in [0.2, 0.25) is 5.02 Å². The SMILES string of the molecule is Cn1cnnc1Sc1nc(NN)ncc1Cl. The van der Waals surface area contributed by atoms with E-state index in [0.29, 0.717) is 21.2 Å². The summed E-state index contributed by atoms with van der Waals surface area (Å²) in [4.78, 5) is 7.98. The Hall–Kier alpha value is -1.38. The molecule has 0 fully saturated rings. The number of nitrogens with two attached hydrogens (primary N) is 1. The van der Waals surface area contributed by atoms with E-state index in [0.717, 1.165) is 0 Å². The number of aromatic nitrogens is 5. The molecule has 0 radical (unpaired) electrons. The second-order valence-corrected chi connectivity index (χ2v) is 4.18. The van der Waals surface area contributed by atoms with Gasteiger partial charge in [-0.3, -0.25) is 5.43 Å². The van der Waals surface area contributed by atoms with Crippen molar-refractivity contribution in [3.8, 4) is 0 Å². The molecule has 2 aromatic rings. The number of nitrogens with zero attached hydrogens (tertiary/aromatic N) is 5. The van der Waals surface area contributed by atoms with E-state index in [1.807, 2.05) is 7.05 Å². The minimum Gasteiger partial charge on any atom is -0.311 e. The highest BCUT2D eigenvalue weighted by Crippen LogP contribution is 2.29. The summed E-state index contributed by atoms with van der Waals surface area (Å²) in [7, 11) is 1.83. The Balaban J connectivity index is 2.30. The average Bonchev–Trinajstić information content (AvgIpc) is 2.68. The van der Waals surface area contributed by atoms with Gasteiger partial charge in [0.25, 0.3) is 0 Å². The van der Waals surface area contributed by atoms with Crippen molar-refractivity contribution in [3.63, 3.8) is 0 Å². The molecule has 0 amide bonds. The fraction of sp³-hybridized carbons (Fsp3) is 0.143. The van der Waals surface area contributed by atoms with Gasteiger partial charge in [-0.25, -0.2) is 15.8 Å². The maximum Gasteiger partial charge on any atom is 0.238 e. The Labute approximate surface area is 100 Å². The van der Waals surface area contributed by atoms with Gasteiger partial charge in [0.2, 0.25) is 5.95 Å². The predicted octanol–water partition coefficient (Wildman–Crippen LogP) is 0.695. The fourth-order valence-corrected chi connectivity index (χ4v) is 1.89. The van der Waals surface area contributed by atoms with Crippen LogP contribution < -0.4 is 11.3 Å². The molecule has 2 aromatic heterocycles. The van der Waals surface area contributed by atoms with Crippen molar-refractivity contribution >= 4 is 29.3 Å². The molecular formula is C7H8ClN7S. The molecule has 0 atom stereocenters. The summed E-state index contributed by atoms with van der Waals surface area (Å²) < 4.78 is 1.76. The van der Waals surface area contributed by atoms with Crippen LogP contribution in [0.5, 0.6) is 0 Å². The number of aryl methyl sites for hydroxylation is 1. The lowest BCUT2D eigenvalue weighted by molar-refractivity contribution is 0.787. The van der Waals surface area contributed by atoms with E-state index in [-0.39, 0.29) is 0 Å². The summed E-state index contributed by atoms with van der Waals surface area (Å²) >= 11 is 7.24. The summed E-state index contributed by atoms with van der Waals surface area (Å²) in [5, 5.41) is 9.36. The maximum atomic E-state index is 5.95. The third kappa shape index (κ3) is 2.23. The number of nitrogens with one attached hydrogen (secondary N) is 1. The van der Waals surface area contributed by atoms with E-state index in [2.05, 4.69) is 25.6 Å². The van der Waals surface area contributed by atoms with Crippen LogP contribution in [0.1, 0.15) is 0 Å². The van der Waals surface area contributed by atoms with Crippen LogP contribution in [0.15, 0.2) is 22.7 Å². The summed E-state index contributed by atoms with van der Waals surface area (Å²) in [6, 6.07) is 0. The molecule has 84 valence electrons. The van der Waals surface area contributed by atoms with Gasteiger partial charge in [0.05, 0.1) is 11.2 Å². The first-order valence-electron chi connectivity index (χ1n) is 4.21. The number of halogens is 1. The van der Waals surface area contributed by atoms with Gasteiger partial charge < -0.3 is 4.57 Å². The quantitative estimate of drug-likeness (QED) is 0.475. The van der Waals surface area contributed by atoms with E-state index >= 15 is 0 Å². The summed E-state index contributed by atoms with van der Waals surface area (Å²) in [5.74, 6) is 5.51. The van der Waals surface area contributed by atoms with Crippen LogP contribution in [0.3, 0.4) is 0 Å². The molecular weight excluding hydrogens is 250 g/mol.